The van der Waals surface area contributed by atoms with Gasteiger partial charge in [0.25, 0.3) is 0 Å². The summed E-state index contributed by atoms with van der Waals surface area (Å²) in [7, 11) is 0. The van der Waals surface area contributed by atoms with Crippen LogP contribution in [0.15, 0.2) is 30.6 Å². The molecule has 4 N–H and O–H groups in total. The van der Waals surface area contributed by atoms with E-state index in [2.05, 4.69) is 10.3 Å². The highest BCUT2D eigenvalue weighted by atomic mass is 19.1. The molecule has 1 saturated heterocycles. The molecule has 3 amide bonds. The number of amides is 3. The Balaban J connectivity index is 1.85. The third kappa shape index (κ3) is 4.37. The number of aromatic nitrogens is 1. The number of nitrogens with two attached hydrogens (primary N) is 1. The number of hydrogen-bond donors (Lipinski definition) is 3. The summed E-state index contributed by atoms with van der Waals surface area (Å²) in [6.07, 6.45) is 3.54. The molecule has 0 saturated carbocycles. The van der Waals surface area contributed by atoms with Crippen LogP contribution in [0.1, 0.15) is 41.7 Å². The third-order valence-corrected chi connectivity index (χ3v) is 4.98. The zero-order valence-electron chi connectivity index (χ0n) is 16.1. The number of likely N-dealkylation sites (tertiary alicyclic amines) is 1. The molecule has 1 aromatic carbocycles. The second kappa shape index (κ2) is 8.44. The van der Waals surface area contributed by atoms with E-state index in [4.69, 9.17) is 5.73 Å². The van der Waals surface area contributed by atoms with Crippen LogP contribution in [0.25, 0.3) is 0 Å². The van der Waals surface area contributed by atoms with Crippen molar-refractivity contribution in [2.45, 2.75) is 25.8 Å². The predicted octanol–water partition coefficient (Wildman–Crippen LogP) is 2.10. The first-order valence-electron chi connectivity index (χ1n) is 9.22. The number of nitrogens with zero attached hydrogens (tertiary/aromatic N) is 2. The molecular weight excluding hydrogens is 398 g/mol. The number of carbonyl (C=O) groups excluding carboxylic acids is 3. The number of carbonyl (C=O) groups is 3. The van der Waals surface area contributed by atoms with Crippen LogP contribution in [0, 0.1) is 17.6 Å². The van der Waals surface area contributed by atoms with E-state index in [-0.39, 0.29) is 29.3 Å². The average molecular weight is 418 g/mol. The summed E-state index contributed by atoms with van der Waals surface area (Å²) < 4.78 is 27.7. The summed E-state index contributed by atoms with van der Waals surface area (Å²) in [6.45, 7) is 2.10. The number of aromatic hydroxyl groups is 1. The van der Waals surface area contributed by atoms with Gasteiger partial charge in [0.05, 0.1) is 23.5 Å². The maximum atomic E-state index is 13.8. The van der Waals surface area contributed by atoms with Crippen molar-refractivity contribution in [2.75, 3.05) is 11.9 Å². The lowest BCUT2D eigenvalue weighted by molar-refractivity contribution is -0.146. The molecule has 2 aromatic rings. The van der Waals surface area contributed by atoms with Crippen molar-refractivity contribution in [2.24, 2.45) is 11.7 Å². The van der Waals surface area contributed by atoms with Crippen LogP contribution in [0.4, 0.5) is 14.5 Å². The van der Waals surface area contributed by atoms with Crippen molar-refractivity contribution in [3.8, 4) is 5.75 Å². The molecule has 0 spiro atoms. The highest BCUT2D eigenvalue weighted by molar-refractivity contribution is 6.39. The maximum absolute atomic E-state index is 13.8. The quantitative estimate of drug-likeness (QED) is 0.658. The second-order valence-corrected chi connectivity index (χ2v) is 7.27. The molecule has 1 aliphatic heterocycles. The number of nitrogens with one attached hydrogen (secondary N) is 1. The fraction of sp³-hybridized carbons (Fsp3) is 0.300. The van der Waals surface area contributed by atoms with Crippen LogP contribution >= 0.6 is 0 Å². The van der Waals surface area contributed by atoms with Crippen molar-refractivity contribution < 1.29 is 28.3 Å². The van der Waals surface area contributed by atoms with Crippen molar-refractivity contribution in [3.05, 3.63) is 53.4 Å². The van der Waals surface area contributed by atoms with E-state index in [1.165, 1.54) is 23.4 Å². The van der Waals surface area contributed by atoms with E-state index in [0.717, 1.165) is 12.1 Å². The van der Waals surface area contributed by atoms with Gasteiger partial charge in [0, 0.05) is 12.7 Å². The second-order valence-electron chi connectivity index (χ2n) is 7.27. The molecule has 1 fully saturated rings. The number of halogens is 2. The molecular formula is C20H20F2N4O4. The van der Waals surface area contributed by atoms with Crippen LogP contribution in [0.3, 0.4) is 0 Å². The van der Waals surface area contributed by atoms with E-state index in [9.17, 15) is 28.3 Å². The number of phenolic OH excluding ortho intramolecular Hbond substituents is 1. The Kier molecular flexibility index (Phi) is 5.95. The molecule has 2 atom stereocenters. The standard InChI is InChI=1S/C20H20F2N4O4/c1-10-2-3-16(11-5-14(21)17(27)15(22)6-11)26(9-10)20(30)19(29)25-13-4-12(18(23)28)7-24-8-13/h4-8,10,16,27H,2-3,9H2,1H3,(H2,23,28)(H,25,29)/t10-,16+/m1/s1. The van der Waals surface area contributed by atoms with Gasteiger partial charge in [0.15, 0.2) is 17.4 Å². The van der Waals surface area contributed by atoms with E-state index in [1.807, 2.05) is 6.92 Å². The monoisotopic (exact) mass is 418 g/mol. The highest BCUT2D eigenvalue weighted by Gasteiger charge is 2.35. The van der Waals surface area contributed by atoms with Crippen LogP contribution in [0.2, 0.25) is 0 Å². The van der Waals surface area contributed by atoms with Crippen LogP contribution in [-0.4, -0.2) is 39.3 Å². The smallest absolute Gasteiger partial charge is 0.313 e. The Labute approximate surface area is 170 Å². The van der Waals surface area contributed by atoms with E-state index < -0.39 is 41.1 Å². The molecule has 0 aliphatic carbocycles. The normalized spacial score (nSPS) is 18.7. The van der Waals surface area contributed by atoms with Crippen molar-refractivity contribution in [3.63, 3.8) is 0 Å². The molecule has 8 nitrogen and oxygen atoms in total. The number of phenols is 1. The molecule has 1 aliphatic rings. The van der Waals surface area contributed by atoms with E-state index >= 15 is 0 Å². The maximum Gasteiger partial charge on any atom is 0.313 e. The minimum Gasteiger partial charge on any atom is -0.503 e. The first-order valence-corrected chi connectivity index (χ1v) is 9.22. The summed E-state index contributed by atoms with van der Waals surface area (Å²) in [5, 5.41) is 11.7. The van der Waals surface area contributed by atoms with Gasteiger partial charge in [-0.3, -0.25) is 19.4 Å². The highest BCUT2D eigenvalue weighted by Crippen LogP contribution is 2.36. The Morgan fingerprint density at radius 3 is 2.47 bits per heavy atom. The summed E-state index contributed by atoms with van der Waals surface area (Å²) in [6, 6.07) is 2.45. The number of pyridine rings is 1. The molecule has 30 heavy (non-hydrogen) atoms. The van der Waals surface area contributed by atoms with Gasteiger partial charge in [-0.05, 0) is 42.5 Å². The fourth-order valence-electron chi connectivity index (χ4n) is 3.46. The molecule has 3 rings (SSSR count). The van der Waals surface area contributed by atoms with Crippen LogP contribution < -0.4 is 11.1 Å². The lowest BCUT2D eigenvalue weighted by atomic mass is 9.89. The number of piperidine rings is 1. The Hall–Kier alpha value is -3.56. The van der Waals surface area contributed by atoms with Gasteiger partial charge in [-0.2, -0.15) is 0 Å². The molecule has 2 heterocycles. The van der Waals surface area contributed by atoms with E-state index in [1.54, 1.807) is 0 Å². The number of anilines is 1. The first kappa shape index (κ1) is 21.2. The van der Waals surface area contributed by atoms with Gasteiger partial charge in [-0.15, -0.1) is 0 Å². The van der Waals surface area contributed by atoms with Crippen molar-refractivity contribution in [1.82, 2.24) is 9.88 Å². The molecule has 10 heteroatoms. The SMILES string of the molecule is C[C@@H]1CC[C@@H](c2cc(F)c(O)c(F)c2)N(C(=O)C(=O)Nc2cncc(C(N)=O)c2)C1. The lowest BCUT2D eigenvalue weighted by Gasteiger charge is -2.38. The lowest BCUT2D eigenvalue weighted by Crippen LogP contribution is -2.46. The Morgan fingerprint density at radius 1 is 1.17 bits per heavy atom. The average Bonchev–Trinajstić information content (AvgIpc) is 2.71. The summed E-state index contributed by atoms with van der Waals surface area (Å²) in [4.78, 5) is 41.7. The largest absolute Gasteiger partial charge is 0.503 e. The van der Waals surface area contributed by atoms with Gasteiger partial charge >= 0.3 is 11.8 Å². The van der Waals surface area contributed by atoms with Crippen molar-refractivity contribution >= 4 is 23.4 Å². The van der Waals surface area contributed by atoms with Crippen LogP contribution in [-0.2, 0) is 9.59 Å². The summed E-state index contributed by atoms with van der Waals surface area (Å²) >= 11 is 0. The molecule has 0 bridgehead atoms. The first-order chi connectivity index (χ1) is 14.2. The zero-order chi connectivity index (χ0) is 22.0. The van der Waals surface area contributed by atoms with E-state index in [0.29, 0.717) is 12.8 Å². The number of primary amides is 1. The Bertz CT molecular complexity index is 991. The molecule has 158 valence electrons. The van der Waals surface area contributed by atoms with Crippen molar-refractivity contribution in [1.29, 1.82) is 0 Å². The topological polar surface area (TPSA) is 126 Å². The number of benzene rings is 1. The zero-order valence-corrected chi connectivity index (χ0v) is 16.1. The minimum atomic E-state index is -1.14. The van der Waals surface area contributed by atoms with Crippen LogP contribution in [0.5, 0.6) is 5.75 Å². The number of hydrogen-bond acceptors (Lipinski definition) is 5. The molecule has 1 aromatic heterocycles. The molecule has 0 unspecified atom stereocenters. The van der Waals surface area contributed by atoms with Gasteiger partial charge < -0.3 is 21.1 Å². The van der Waals surface area contributed by atoms with Gasteiger partial charge in [-0.25, -0.2) is 8.78 Å². The third-order valence-electron chi connectivity index (χ3n) is 4.98. The number of rotatable bonds is 3. The van der Waals surface area contributed by atoms with Gasteiger partial charge in [-0.1, -0.05) is 6.92 Å². The van der Waals surface area contributed by atoms with Gasteiger partial charge in [0.1, 0.15) is 0 Å². The Morgan fingerprint density at radius 2 is 1.83 bits per heavy atom. The fourth-order valence-corrected chi connectivity index (χ4v) is 3.46. The molecule has 0 radical (unpaired) electrons. The predicted molar refractivity (Wildman–Crippen MR) is 102 cm³/mol. The van der Waals surface area contributed by atoms with Gasteiger partial charge in [0.2, 0.25) is 5.91 Å². The minimum absolute atomic E-state index is 0.0553. The summed E-state index contributed by atoms with van der Waals surface area (Å²) in [5.74, 6) is -5.94. The summed E-state index contributed by atoms with van der Waals surface area (Å²) in [5.41, 5.74) is 5.48.